The van der Waals surface area contributed by atoms with E-state index in [4.69, 9.17) is 9.47 Å². The summed E-state index contributed by atoms with van der Waals surface area (Å²) in [6.45, 7) is 6.25. The molecule has 4 heteroatoms. The Bertz CT molecular complexity index is 552. The van der Waals surface area contributed by atoms with Crippen molar-refractivity contribution in [1.82, 2.24) is 0 Å². The Labute approximate surface area is 150 Å². The molecule has 0 heterocycles. The van der Waals surface area contributed by atoms with E-state index in [1.807, 2.05) is 30.3 Å². The molecule has 1 aliphatic carbocycles. The van der Waals surface area contributed by atoms with E-state index in [0.717, 1.165) is 18.4 Å². The van der Waals surface area contributed by atoms with Gasteiger partial charge in [-0.2, -0.15) is 0 Å². The van der Waals surface area contributed by atoms with Gasteiger partial charge in [-0.1, -0.05) is 57.5 Å². The van der Waals surface area contributed by atoms with Crippen LogP contribution in [0.1, 0.15) is 52.0 Å². The third-order valence-corrected chi connectivity index (χ3v) is 5.06. The van der Waals surface area contributed by atoms with Gasteiger partial charge < -0.3 is 9.47 Å². The normalized spacial score (nSPS) is 23.3. The Morgan fingerprint density at radius 2 is 1.84 bits per heavy atom. The highest BCUT2D eigenvalue weighted by atomic mass is 16.6. The number of carbonyl (C=O) groups excluding carboxylic acids is 2. The molecule has 2 rings (SSSR count). The SMILES string of the molecule is CC(C)[C@H]1CC[C@H](C)C[C@H]1OC(=O)COC(=O)CCc1ccccc1. The third-order valence-electron chi connectivity index (χ3n) is 5.06. The van der Waals surface area contributed by atoms with Gasteiger partial charge in [0.05, 0.1) is 0 Å². The van der Waals surface area contributed by atoms with Gasteiger partial charge in [-0.25, -0.2) is 4.79 Å². The van der Waals surface area contributed by atoms with Gasteiger partial charge in [-0.15, -0.1) is 0 Å². The van der Waals surface area contributed by atoms with Crippen molar-refractivity contribution in [3.05, 3.63) is 35.9 Å². The smallest absolute Gasteiger partial charge is 0.344 e. The lowest BCUT2D eigenvalue weighted by atomic mass is 9.75. The van der Waals surface area contributed by atoms with E-state index in [1.54, 1.807) is 0 Å². The fourth-order valence-electron chi connectivity index (χ4n) is 3.56. The highest BCUT2D eigenvalue weighted by Gasteiger charge is 2.33. The summed E-state index contributed by atoms with van der Waals surface area (Å²) in [7, 11) is 0. The van der Waals surface area contributed by atoms with E-state index >= 15 is 0 Å². The number of esters is 2. The van der Waals surface area contributed by atoms with Crippen LogP contribution in [0.4, 0.5) is 0 Å². The Hall–Kier alpha value is -1.84. The molecule has 0 spiro atoms. The number of hydrogen-bond acceptors (Lipinski definition) is 4. The molecule has 0 aliphatic heterocycles. The van der Waals surface area contributed by atoms with E-state index in [0.29, 0.717) is 24.2 Å². The molecular formula is C21H30O4. The van der Waals surface area contributed by atoms with Gasteiger partial charge in [-0.3, -0.25) is 4.79 Å². The van der Waals surface area contributed by atoms with Crippen LogP contribution in [-0.4, -0.2) is 24.6 Å². The van der Waals surface area contributed by atoms with E-state index in [1.165, 1.54) is 6.42 Å². The standard InChI is InChI=1S/C21H30O4/c1-15(2)18-11-9-16(3)13-19(18)25-21(23)14-24-20(22)12-10-17-7-5-4-6-8-17/h4-8,15-16,18-19H,9-14H2,1-3H3/t16-,18+,19+/m0/s1. The average Bonchev–Trinajstić information content (AvgIpc) is 2.59. The number of aryl methyl sites for hydroxylation is 1. The minimum atomic E-state index is -0.433. The summed E-state index contributed by atoms with van der Waals surface area (Å²) < 4.78 is 10.7. The Kier molecular flexibility index (Phi) is 7.48. The van der Waals surface area contributed by atoms with Crippen LogP contribution >= 0.6 is 0 Å². The van der Waals surface area contributed by atoms with Gasteiger partial charge >= 0.3 is 11.9 Å². The molecule has 1 aromatic carbocycles. The monoisotopic (exact) mass is 346 g/mol. The molecule has 0 bridgehead atoms. The largest absolute Gasteiger partial charge is 0.460 e. The minimum Gasteiger partial charge on any atom is -0.460 e. The first-order valence-corrected chi connectivity index (χ1v) is 9.34. The maximum atomic E-state index is 12.1. The summed E-state index contributed by atoms with van der Waals surface area (Å²) in [5.41, 5.74) is 1.08. The summed E-state index contributed by atoms with van der Waals surface area (Å²) in [6, 6.07) is 9.76. The molecule has 0 radical (unpaired) electrons. The average molecular weight is 346 g/mol. The first-order valence-electron chi connectivity index (χ1n) is 9.34. The second-order valence-electron chi connectivity index (χ2n) is 7.50. The summed E-state index contributed by atoms with van der Waals surface area (Å²) in [6.07, 6.45) is 4.01. The van der Waals surface area contributed by atoms with Crippen LogP contribution in [0.3, 0.4) is 0 Å². The van der Waals surface area contributed by atoms with Crippen molar-refractivity contribution in [2.75, 3.05) is 6.61 Å². The zero-order valence-electron chi connectivity index (χ0n) is 15.6. The van der Waals surface area contributed by atoms with Crippen molar-refractivity contribution >= 4 is 11.9 Å². The summed E-state index contributed by atoms with van der Waals surface area (Å²) in [5, 5.41) is 0. The molecule has 25 heavy (non-hydrogen) atoms. The molecule has 1 aliphatic rings. The van der Waals surface area contributed by atoms with E-state index in [9.17, 15) is 9.59 Å². The van der Waals surface area contributed by atoms with Gasteiger partial charge in [-0.05, 0) is 42.6 Å². The first-order chi connectivity index (χ1) is 12.0. The first kappa shape index (κ1) is 19.5. The van der Waals surface area contributed by atoms with Crippen LogP contribution in [-0.2, 0) is 25.5 Å². The minimum absolute atomic E-state index is 0.0562. The molecule has 0 unspecified atom stereocenters. The van der Waals surface area contributed by atoms with Crippen LogP contribution in [0.25, 0.3) is 0 Å². The highest BCUT2D eigenvalue weighted by molar-refractivity contribution is 5.76. The van der Waals surface area contributed by atoms with Gasteiger partial charge in [0.25, 0.3) is 0 Å². The summed E-state index contributed by atoms with van der Waals surface area (Å²) >= 11 is 0. The molecule has 4 nitrogen and oxygen atoms in total. The molecule has 0 aromatic heterocycles. The van der Waals surface area contributed by atoms with Gasteiger partial charge in [0.15, 0.2) is 6.61 Å². The number of hydrogen-bond donors (Lipinski definition) is 0. The van der Waals surface area contributed by atoms with Crippen LogP contribution in [0, 0.1) is 17.8 Å². The fraction of sp³-hybridized carbons (Fsp3) is 0.619. The molecule has 0 N–H and O–H groups in total. The topological polar surface area (TPSA) is 52.6 Å². The van der Waals surface area contributed by atoms with Crippen LogP contribution in [0.15, 0.2) is 30.3 Å². The van der Waals surface area contributed by atoms with E-state index in [-0.39, 0.29) is 25.1 Å². The van der Waals surface area contributed by atoms with Crippen molar-refractivity contribution in [2.24, 2.45) is 17.8 Å². The predicted octanol–water partition coefficient (Wildman–Crippen LogP) is 4.17. The molecule has 1 fully saturated rings. The Balaban J connectivity index is 1.72. The van der Waals surface area contributed by atoms with Crippen molar-refractivity contribution in [3.8, 4) is 0 Å². The molecule has 0 amide bonds. The lowest BCUT2D eigenvalue weighted by molar-refractivity contribution is -0.167. The third kappa shape index (κ3) is 6.52. The maximum Gasteiger partial charge on any atom is 0.344 e. The Morgan fingerprint density at radius 1 is 1.12 bits per heavy atom. The van der Waals surface area contributed by atoms with Crippen molar-refractivity contribution in [3.63, 3.8) is 0 Å². The number of benzene rings is 1. The Morgan fingerprint density at radius 3 is 2.52 bits per heavy atom. The van der Waals surface area contributed by atoms with Crippen molar-refractivity contribution in [2.45, 2.75) is 59.0 Å². The molecular weight excluding hydrogens is 316 g/mol. The maximum absolute atomic E-state index is 12.1. The summed E-state index contributed by atoms with van der Waals surface area (Å²) in [4.78, 5) is 23.9. The number of carbonyl (C=O) groups is 2. The van der Waals surface area contributed by atoms with Crippen molar-refractivity contribution in [1.29, 1.82) is 0 Å². The lowest BCUT2D eigenvalue weighted by Gasteiger charge is -2.36. The van der Waals surface area contributed by atoms with Gasteiger partial charge in [0.2, 0.25) is 0 Å². The molecule has 1 saturated carbocycles. The van der Waals surface area contributed by atoms with Gasteiger partial charge in [0, 0.05) is 6.42 Å². The second kappa shape index (κ2) is 9.59. The number of ether oxygens (including phenoxy) is 2. The lowest BCUT2D eigenvalue weighted by Crippen LogP contribution is -2.36. The zero-order chi connectivity index (χ0) is 18.2. The fourth-order valence-corrected chi connectivity index (χ4v) is 3.56. The summed E-state index contributed by atoms with van der Waals surface area (Å²) in [5.74, 6) is 0.657. The van der Waals surface area contributed by atoms with Gasteiger partial charge in [0.1, 0.15) is 6.10 Å². The quantitative estimate of drug-likeness (QED) is 0.696. The highest BCUT2D eigenvalue weighted by Crippen LogP contribution is 2.35. The molecule has 138 valence electrons. The number of rotatable bonds is 7. The molecule has 0 saturated heterocycles. The van der Waals surface area contributed by atoms with Crippen LogP contribution in [0.5, 0.6) is 0 Å². The van der Waals surface area contributed by atoms with Crippen LogP contribution in [0.2, 0.25) is 0 Å². The molecule has 3 atom stereocenters. The van der Waals surface area contributed by atoms with Crippen molar-refractivity contribution < 1.29 is 19.1 Å². The second-order valence-corrected chi connectivity index (χ2v) is 7.50. The zero-order valence-corrected chi connectivity index (χ0v) is 15.6. The van der Waals surface area contributed by atoms with E-state index in [2.05, 4.69) is 20.8 Å². The predicted molar refractivity (Wildman–Crippen MR) is 96.9 cm³/mol. The van der Waals surface area contributed by atoms with E-state index < -0.39 is 5.97 Å². The van der Waals surface area contributed by atoms with Crippen LogP contribution < -0.4 is 0 Å². The molecule has 1 aromatic rings.